The Morgan fingerprint density at radius 2 is 2.11 bits per heavy atom. The fraction of sp³-hybridized carbons (Fsp3) is 0.667. The molecule has 3 heteroatoms. The summed E-state index contributed by atoms with van der Waals surface area (Å²) >= 11 is 0. The maximum atomic E-state index is 5.95. The molecule has 0 radical (unpaired) electrons. The smallest absolute Gasteiger partial charge is 0.137 e. The molecule has 2 atom stereocenters. The van der Waals surface area contributed by atoms with Gasteiger partial charge in [0.05, 0.1) is 12.8 Å². The molecule has 100 valence electrons. The number of hydrogen-bond acceptors (Lipinski definition) is 3. The van der Waals surface area contributed by atoms with Crippen LogP contribution in [-0.4, -0.2) is 18.1 Å². The van der Waals surface area contributed by atoms with Gasteiger partial charge in [-0.1, -0.05) is 19.3 Å². The monoisotopic (exact) mass is 248 g/mol. The number of hydrogen-bond donors (Lipinski definition) is 1. The van der Waals surface area contributed by atoms with Crippen molar-refractivity contribution in [2.45, 2.75) is 44.9 Å². The van der Waals surface area contributed by atoms with Crippen molar-refractivity contribution in [3.8, 4) is 5.75 Å². The molecule has 2 N–H and O–H groups in total. The van der Waals surface area contributed by atoms with E-state index in [0.29, 0.717) is 18.4 Å². The van der Waals surface area contributed by atoms with E-state index in [1.807, 2.05) is 13.1 Å². The number of aromatic nitrogens is 1. The Hall–Kier alpha value is -1.09. The van der Waals surface area contributed by atoms with Gasteiger partial charge in [0, 0.05) is 6.20 Å². The highest BCUT2D eigenvalue weighted by Gasteiger charge is 2.24. The quantitative estimate of drug-likeness (QED) is 0.833. The summed E-state index contributed by atoms with van der Waals surface area (Å²) in [4.78, 5) is 4.31. The first-order valence-electron chi connectivity index (χ1n) is 7.13. The summed E-state index contributed by atoms with van der Waals surface area (Å²) in [7, 11) is 0. The molecule has 0 saturated heterocycles. The van der Waals surface area contributed by atoms with Crippen LogP contribution in [0.5, 0.6) is 5.75 Å². The summed E-state index contributed by atoms with van der Waals surface area (Å²) in [6.07, 6.45) is 10.2. The summed E-state index contributed by atoms with van der Waals surface area (Å²) in [6, 6.07) is 2.15. The Labute approximate surface area is 110 Å². The molecule has 0 bridgehead atoms. The zero-order chi connectivity index (χ0) is 12.8. The molecule has 1 aromatic heterocycles. The van der Waals surface area contributed by atoms with Gasteiger partial charge in [0.25, 0.3) is 0 Å². The number of nitrogens with zero attached hydrogens (tertiary/aromatic N) is 1. The average Bonchev–Trinajstić information content (AvgIpc) is 2.64. The van der Waals surface area contributed by atoms with E-state index in [9.17, 15) is 0 Å². The minimum atomic E-state index is 0.561. The third-order valence-corrected chi connectivity index (χ3v) is 3.94. The van der Waals surface area contributed by atoms with E-state index >= 15 is 0 Å². The lowest BCUT2D eigenvalue weighted by Crippen LogP contribution is -2.21. The van der Waals surface area contributed by atoms with Crippen LogP contribution < -0.4 is 10.5 Å². The molecule has 2 rings (SSSR count). The first-order valence-corrected chi connectivity index (χ1v) is 7.13. The standard InChI is InChI=1S/C15H24N2O/c1-2-18-14-8-13(10-17-11-14)15-7-5-3-4-6-12(15)9-16/h8,10-12,15H,2-7,9,16H2,1H3. The second-order valence-electron chi connectivity index (χ2n) is 5.13. The highest BCUT2D eigenvalue weighted by Crippen LogP contribution is 2.36. The van der Waals surface area contributed by atoms with Crippen molar-refractivity contribution in [3.63, 3.8) is 0 Å². The van der Waals surface area contributed by atoms with Crippen molar-refractivity contribution >= 4 is 0 Å². The SMILES string of the molecule is CCOc1cncc(C2CCCCCC2CN)c1. The van der Waals surface area contributed by atoms with Crippen LogP contribution in [0.2, 0.25) is 0 Å². The summed E-state index contributed by atoms with van der Waals surface area (Å²) in [5, 5.41) is 0. The highest BCUT2D eigenvalue weighted by molar-refractivity contribution is 5.27. The second kappa shape index (κ2) is 6.74. The molecule has 0 aromatic carbocycles. The zero-order valence-electron chi connectivity index (χ0n) is 11.3. The third kappa shape index (κ3) is 3.22. The summed E-state index contributed by atoms with van der Waals surface area (Å²) < 4.78 is 5.54. The Balaban J connectivity index is 2.18. The van der Waals surface area contributed by atoms with Gasteiger partial charge in [-0.25, -0.2) is 0 Å². The Kier molecular flexibility index (Phi) is 5.00. The predicted octanol–water partition coefficient (Wildman–Crippen LogP) is 3.10. The van der Waals surface area contributed by atoms with Gasteiger partial charge in [-0.2, -0.15) is 0 Å². The van der Waals surface area contributed by atoms with Gasteiger partial charge in [0.2, 0.25) is 0 Å². The first kappa shape index (κ1) is 13.3. The van der Waals surface area contributed by atoms with Crippen LogP contribution in [0.4, 0.5) is 0 Å². The van der Waals surface area contributed by atoms with Crippen molar-refractivity contribution in [2.75, 3.05) is 13.2 Å². The number of ether oxygens (including phenoxy) is 1. The van der Waals surface area contributed by atoms with E-state index in [1.54, 1.807) is 6.20 Å². The van der Waals surface area contributed by atoms with E-state index in [-0.39, 0.29) is 0 Å². The molecule has 0 amide bonds. The first-order chi connectivity index (χ1) is 8.85. The predicted molar refractivity (Wildman–Crippen MR) is 73.8 cm³/mol. The molecular formula is C15H24N2O. The lowest BCUT2D eigenvalue weighted by Gasteiger charge is -2.24. The number of nitrogens with two attached hydrogens (primary N) is 1. The molecule has 1 aliphatic rings. The number of pyridine rings is 1. The van der Waals surface area contributed by atoms with Gasteiger partial charge in [0.15, 0.2) is 0 Å². The molecule has 1 fully saturated rings. The molecule has 2 unspecified atom stereocenters. The van der Waals surface area contributed by atoms with Crippen molar-refractivity contribution in [3.05, 3.63) is 24.0 Å². The van der Waals surface area contributed by atoms with Gasteiger partial charge < -0.3 is 10.5 Å². The van der Waals surface area contributed by atoms with Gasteiger partial charge >= 0.3 is 0 Å². The summed E-state index contributed by atoms with van der Waals surface area (Å²) in [5.74, 6) is 2.05. The maximum Gasteiger partial charge on any atom is 0.137 e. The van der Waals surface area contributed by atoms with Gasteiger partial charge in [0.1, 0.15) is 5.75 Å². The molecule has 1 heterocycles. The molecule has 0 spiro atoms. The topological polar surface area (TPSA) is 48.1 Å². The lowest BCUT2D eigenvalue weighted by atomic mass is 9.83. The highest BCUT2D eigenvalue weighted by atomic mass is 16.5. The van der Waals surface area contributed by atoms with Gasteiger partial charge in [-0.05, 0) is 49.8 Å². The van der Waals surface area contributed by atoms with E-state index in [2.05, 4.69) is 11.1 Å². The van der Waals surface area contributed by atoms with Crippen molar-refractivity contribution in [1.29, 1.82) is 0 Å². The lowest BCUT2D eigenvalue weighted by molar-refractivity contribution is 0.336. The van der Waals surface area contributed by atoms with Gasteiger partial charge in [-0.3, -0.25) is 4.98 Å². The van der Waals surface area contributed by atoms with Crippen molar-refractivity contribution < 1.29 is 4.74 Å². The zero-order valence-corrected chi connectivity index (χ0v) is 11.3. The Bertz CT molecular complexity index is 367. The van der Waals surface area contributed by atoms with Crippen LogP contribution in [0.1, 0.15) is 50.5 Å². The fourth-order valence-corrected chi connectivity index (χ4v) is 2.99. The second-order valence-corrected chi connectivity index (χ2v) is 5.13. The fourth-order valence-electron chi connectivity index (χ4n) is 2.99. The van der Waals surface area contributed by atoms with Crippen LogP contribution in [0.3, 0.4) is 0 Å². The molecule has 1 saturated carbocycles. The maximum absolute atomic E-state index is 5.95. The van der Waals surface area contributed by atoms with Crippen LogP contribution in [0, 0.1) is 5.92 Å². The summed E-state index contributed by atoms with van der Waals surface area (Å²) in [6.45, 7) is 3.47. The molecular weight excluding hydrogens is 224 g/mol. The molecule has 3 nitrogen and oxygen atoms in total. The molecule has 1 aliphatic carbocycles. The van der Waals surface area contributed by atoms with Crippen LogP contribution in [0.15, 0.2) is 18.5 Å². The Morgan fingerprint density at radius 1 is 1.28 bits per heavy atom. The Morgan fingerprint density at radius 3 is 2.89 bits per heavy atom. The third-order valence-electron chi connectivity index (χ3n) is 3.94. The van der Waals surface area contributed by atoms with E-state index in [1.165, 1.54) is 37.7 Å². The molecule has 1 aromatic rings. The van der Waals surface area contributed by atoms with E-state index in [0.717, 1.165) is 12.3 Å². The average molecular weight is 248 g/mol. The van der Waals surface area contributed by atoms with Crippen molar-refractivity contribution in [2.24, 2.45) is 11.7 Å². The van der Waals surface area contributed by atoms with Crippen LogP contribution in [0.25, 0.3) is 0 Å². The minimum absolute atomic E-state index is 0.561. The molecule has 18 heavy (non-hydrogen) atoms. The van der Waals surface area contributed by atoms with E-state index < -0.39 is 0 Å². The largest absolute Gasteiger partial charge is 0.492 e. The van der Waals surface area contributed by atoms with Crippen LogP contribution >= 0.6 is 0 Å². The normalized spacial score (nSPS) is 24.6. The summed E-state index contributed by atoms with van der Waals surface area (Å²) in [5.41, 5.74) is 7.25. The number of rotatable bonds is 4. The minimum Gasteiger partial charge on any atom is -0.492 e. The van der Waals surface area contributed by atoms with Crippen LogP contribution in [-0.2, 0) is 0 Å². The van der Waals surface area contributed by atoms with E-state index in [4.69, 9.17) is 10.5 Å². The molecule has 0 aliphatic heterocycles. The van der Waals surface area contributed by atoms with Crippen molar-refractivity contribution in [1.82, 2.24) is 4.98 Å². The van der Waals surface area contributed by atoms with Gasteiger partial charge in [-0.15, -0.1) is 0 Å².